The van der Waals surface area contributed by atoms with Gasteiger partial charge in [-0.2, -0.15) is 0 Å². The molecule has 1 N–H and O–H groups in total. The van der Waals surface area contributed by atoms with Crippen LogP contribution in [-0.2, 0) is 9.59 Å². The van der Waals surface area contributed by atoms with E-state index in [0.29, 0.717) is 16.3 Å². The number of nitro groups is 1. The lowest BCUT2D eigenvalue weighted by atomic mass is 10.1. The average Bonchev–Trinajstić information content (AvgIpc) is 3.02. The summed E-state index contributed by atoms with van der Waals surface area (Å²) in [6, 6.07) is 12.2. The molecule has 2 aromatic carbocycles. The lowest BCUT2D eigenvalue weighted by molar-refractivity contribution is -0.384. The van der Waals surface area contributed by atoms with E-state index >= 15 is 0 Å². The number of hydrogen-bond acceptors (Lipinski definition) is 7. The van der Waals surface area contributed by atoms with Crippen molar-refractivity contribution in [2.75, 3.05) is 13.1 Å². The fourth-order valence-electron chi connectivity index (χ4n) is 2.87. The molecule has 3 rings (SSSR count). The van der Waals surface area contributed by atoms with Crippen molar-refractivity contribution in [2.24, 2.45) is 0 Å². The van der Waals surface area contributed by atoms with Gasteiger partial charge in [0.2, 0.25) is 0 Å². The van der Waals surface area contributed by atoms with Gasteiger partial charge in [-0.1, -0.05) is 11.6 Å². The number of ether oxygens (including phenoxy) is 1. The second kappa shape index (κ2) is 10.1. The topological polar surface area (TPSA) is 119 Å². The molecule has 11 heteroatoms. The molecule has 0 aliphatic carbocycles. The highest BCUT2D eigenvalue weighted by molar-refractivity contribution is 8.18. The van der Waals surface area contributed by atoms with Crippen LogP contribution in [0.4, 0.5) is 10.5 Å². The van der Waals surface area contributed by atoms with Crippen LogP contribution in [0.2, 0.25) is 5.02 Å². The molecule has 0 spiro atoms. The van der Waals surface area contributed by atoms with Crippen molar-refractivity contribution in [3.05, 3.63) is 74.1 Å². The molecule has 1 heterocycles. The molecule has 2 aromatic rings. The molecule has 0 unspecified atom stereocenters. The number of amides is 3. The SMILES string of the molecule is CC(C)(Oc1ccc(Cl)cc1)C(=O)NCCN1C(=O)S/C(=C/c2ccc([N+](=O)[O-])cc2)C1=O. The van der Waals surface area contributed by atoms with E-state index < -0.39 is 27.6 Å². The Morgan fingerprint density at radius 2 is 1.82 bits per heavy atom. The third kappa shape index (κ3) is 6.11. The third-order valence-corrected chi connectivity index (χ3v) is 5.79. The Kier molecular flexibility index (Phi) is 7.39. The minimum Gasteiger partial charge on any atom is -0.478 e. The first-order chi connectivity index (χ1) is 15.6. The maximum Gasteiger partial charge on any atom is 0.293 e. The zero-order valence-electron chi connectivity index (χ0n) is 17.7. The molecule has 0 saturated carbocycles. The number of carbonyl (C=O) groups excluding carboxylic acids is 3. The minimum absolute atomic E-state index is 0.00890. The van der Waals surface area contributed by atoms with Gasteiger partial charge in [-0.05, 0) is 73.6 Å². The summed E-state index contributed by atoms with van der Waals surface area (Å²) in [5.74, 6) is -0.429. The Morgan fingerprint density at radius 1 is 1.18 bits per heavy atom. The van der Waals surface area contributed by atoms with Gasteiger partial charge in [0.15, 0.2) is 5.60 Å². The number of non-ortho nitro benzene ring substituents is 1. The van der Waals surface area contributed by atoms with E-state index in [2.05, 4.69) is 5.32 Å². The molecule has 33 heavy (non-hydrogen) atoms. The number of thioether (sulfide) groups is 1. The van der Waals surface area contributed by atoms with Crippen LogP contribution in [0.3, 0.4) is 0 Å². The van der Waals surface area contributed by atoms with E-state index in [-0.39, 0.29) is 23.7 Å². The van der Waals surface area contributed by atoms with Crippen molar-refractivity contribution in [1.82, 2.24) is 10.2 Å². The number of rotatable bonds is 8. The molecular formula is C22H20ClN3O6S. The Balaban J connectivity index is 1.56. The molecule has 9 nitrogen and oxygen atoms in total. The molecule has 0 bridgehead atoms. The quantitative estimate of drug-likeness (QED) is 0.334. The van der Waals surface area contributed by atoms with Crippen LogP contribution in [0.5, 0.6) is 5.75 Å². The molecule has 0 aromatic heterocycles. The van der Waals surface area contributed by atoms with Gasteiger partial charge in [0.25, 0.3) is 22.7 Å². The molecule has 1 aliphatic heterocycles. The van der Waals surface area contributed by atoms with Crippen LogP contribution in [0.1, 0.15) is 19.4 Å². The lowest BCUT2D eigenvalue weighted by Gasteiger charge is -2.25. The molecular weight excluding hydrogens is 470 g/mol. The largest absolute Gasteiger partial charge is 0.478 e. The zero-order chi connectivity index (χ0) is 24.2. The van der Waals surface area contributed by atoms with Crippen LogP contribution in [0.25, 0.3) is 6.08 Å². The first-order valence-corrected chi connectivity index (χ1v) is 11.0. The molecule has 0 radical (unpaired) electrons. The standard InChI is InChI=1S/C22H20ClN3O6S/c1-22(2,32-17-9-5-15(23)6-10-17)20(28)24-11-12-25-19(27)18(33-21(25)29)13-14-3-7-16(8-4-14)26(30)31/h3-10,13H,11-12H2,1-2H3,(H,24,28)/b18-13+. The number of nitrogens with one attached hydrogen (secondary N) is 1. The van der Waals surface area contributed by atoms with E-state index in [0.717, 1.165) is 16.7 Å². The normalized spacial score (nSPS) is 15.1. The van der Waals surface area contributed by atoms with Gasteiger partial charge in [0.1, 0.15) is 5.75 Å². The molecule has 1 fully saturated rings. The van der Waals surface area contributed by atoms with Crippen molar-refractivity contribution in [2.45, 2.75) is 19.4 Å². The van der Waals surface area contributed by atoms with Crippen molar-refractivity contribution < 1.29 is 24.0 Å². The van der Waals surface area contributed by atoms with Gasteiger partial charge in [-0.15, -0.1) is 0 Å². The summed E-state index contributed by atoms with van der Waals surface area (Å²) in [6.45, 7) is 3.24. The van der Waals surface area contributed by atoms with Crippen LogP contribution in [0.15, 0.2) is 53.4 Å². The summed E-state index contributed by atoms with van der Waals surface area (Å²) in [6.07, 6.45) is 1.50. The number of hydrogen-bond donors (Lipinski definition) is 1. The first kappa shape index (κ1) is 24.3. The Morgan fingerprint density at radius 3 is 2.42 bits per heavy atom. The van der Waals surface area contributed by atoms with Crippen molar-refractivity contribution in [3.63, 3.8) is 0 Å². The number of carbonyl (C=O) groups is 3. The van der Waals surface area contributed by atoms with Crippen LogP contribution in [-0.4, -0.2) is 45.6 Å². The number of nitrogens with zero attached hydrogens (tertiary/aromatic N) is 2. The van der Waals surface area contributed by atoms with Gasteiger partial charge < -0.3 is 10.1 Å². The number of imide groups is 1. The predicted molar refractivity (Wildman–Crippen MR) is 125 cm³/mol. The van der Waals surface area contributed by atoms with E-state index in [9.17, 15) is 24.5 Å². The fourth-order valence-corrected chi connectivity index (χ4v) is 3.87. The summed E-state index contributed by atoms with van der Waals surface area (Å²) in [7, 11) is 0. The highest BCUT2D eigenvalue weighted by atomic mass is 35.5. The summed E-state index contributed by atoms with van der Waals surface area (Å²) in [5, 5.41) is 13.5. The summed E-state index contributed by atoms with van der Waals surface area (Å²) in [5.41, 5.74) is -0.706. The summed E-state index contributed by atoms with van der Waals surface area (Å²) in [4.78, 5) is 48.9. The van der Waals surface area contributed by atoms with Crippen LogP contribution < -0.4 is 10.1 Å². The van der Waals surface area contributed by atoms with E-state index in [1.807, 2.05) is 0 Å². The summed E-state index contributed by atoms with van der Waals surface area (Å²) < 4.78 is 5.72. The predicted octanol–water partition coefficient (Wildman–Crippen LogP) is 4.26. The summed E-state index contributed by atoms with van der Waals surface area (Å²) >= 11 is 6.62. The molecule has 1 aliphatic rings. The van der Waals surface area contributed by atoms with Crippen LogP contribution >= 0.6 is 23.4 Å². The highest BCUT2D eigenvalue weighted by Crippen LogP contribution is 2.32. The van der Waals surface area contributed by atoms with E-state index in [4.69, 9.17) is 16.3 Å². The van der Waals surface area contributed by atoms with Crippen LogP contribution in [0, 0.1) is 10.1 Å². The third-order valence-electron chi connectivity index (χ3n) is 4.63. The van der Waals surface area contributed by atoms with Crippen molar-refractivity contribution >= 4 is 52.2 Å². The Labute approximate surface area is 198 Å². The number of benzene rings is 2. The highest BCUT2D eigenvalue weighted by Gasteiger charge is 2.35. The van der Waals surface area contributed by atoms with Gasteiger partial charge >= 0.3 is 0 Å². The van der Waals surface area contributed by atoms with Crippen molar-refractivity contribution in [1.29, 1.82) is 0 Å². The minimum atomic E-state index is -1.19. The average molecular weight is 490 g/mol. The first-order valence-electron chi connectivity index (χ1n) is 9.79. The molecule has 3 amide bonds. The number of nitro benzene ring substituents is 1. The smallest absolute Gasteiger partial charge is 0.293 e. The Hall–Kier alpha value is -3.37. The van der Waals surface area contributed by atoms with Crippen molar-refractivity contribution in [3.8, 4) is 5.75 Å². The van der Waals surface area contributed by atoms with Gasteiger partial charge in [-0.25, -0.2) is 0 Å². The molecule has 0 atom stereocenters. The van der Waals surface area contributed by atoms with Gasteiger partial charge in [0.05, 0.1) is 9.83 Å². The Bertz CT molecular complexity index is 1120. The van der Waals surface area contributed by atoms with E-state index in [1.54, 1.807) is 38.1 Å². The van der Waals surface area contributed by atoms with E-state index in [1.165, 1.54) is 30.3 Å². The fraction of sp³-hybridized carbons (Fsp3) is 0.227. The second-order valence-corrected chi connectivity index (χ2v) is 8.93. The second-order valence-electron chi connectivity index (χ2n) is 7.50. The lowest BCUT2D eigenvalue weighted by Crippen LogP contribution is -2.48. The van der Waals surface area contributed by atoms with Gasteiger partial charge in [-0.3, -0.25) is 29.4 Å². The maximum absolute atomic E-state index is 12.6. The number of halogens is 1. The van der Waals surface area contributed by atoms with Gasteiger partial charge in [0, 0.05) is 30.2 Å². The maximum atomic E-state index is 12.6. The zero-order valence-corrected chi connectivity index (χ0v) is 19.3. The molecule has 172 valence electrons. The monoisotopic (exact) mass is 489 g/mol. The molecule has 1 saturated heterocycles.